The summed E-state index contributed by atoms with van der Waals surface area (Å²) in [6, 6.07) is 16.3. The van der Waals surface area contributed by atoms with Crippen LogP contribution in [-0.4, -0.2) is 19.8 Å². The largest absolute Gasteiger partial charge is 0.422 e. The fourth-order valence-electron chi connectivity index (χ4n) is 2.71. The molecule has 0 aliphatic heterocycles. The number of halogens is 1. The van der Waals surface area contributed by atoms with Gasteiger partial charge in [0.25, 0.3) is 0 Å². The van der Waals surface area contributed by atoms with Crippen molar-refractivity contribution in [2.24, 2.45) is 0 Å². The molecule has 0 saturated heterocycles. The highest BCUT2D eigenvalue weighted by molar-refractivity contribution is 7.20. The second-order valence-electron chi connectivity index (χ2n) is 5.74. The van der Waals surface area contributed by atoms with Gasteiger partial charge in [0.05, 0.1) is 0 Å². The first-order valence-electron chi connectivity index (χ1n) is 7.95. The van der Waals surface area contributed by atoms with Crippen LogP contribution in [0, 0.1) is 0 Å². The van der Waals surface area contributed by atoms with Crippen LogP contribution >= 0.6 is 22.9 Å². The van der Waals surface area contributed by atoms with Crippen molar-refractivity contribution >= 4 is 49.7 Å². The zero-order chi connectivity index (χ0) is 18.4. The molecule has 9 heteroatoms. The molecule has 3 heterocycles. The van der Waals surface area contributed by atoms with Crippen molar-refractivity contribution in [2.75, 3.05) is 5.32 Å². The van der Waals surface area contributed by atoms with Gasteiger partial charge in [0.2, 0.25) is 10.1 Å². The highest BCUT2D eigenvalue weighted by Crippen LogP contribution is 2.27. The normalized spacial score (nSPS) is 11.3. The minimum absolute atomic E-state index is 0.310. The Kier molecular flexibility index (Phi) is 3.66. The molecule has 0 atom stereocenters. The van der Waals surface area contributed by atoms with Crippen LogP contribution in [0.2, 0.25) is 5.02 Å². The van der Waals surface area contributed by atoms with E-state index in [0.29, 0.717) is 32.1 Å². The van der Waals surface area contributed by atoms with E-state index in [1.165, 1.54) is 15.9 Å². The molecule has 27 heavy (non-hydrogen) atoms. The lowest BCUT2D eigenvalue weighted by Gasteiger charge is -2.01. The van der Waals surface area contributed by atoms with Crippen LogP contribution in [0.3, 0.4) is 0 Å². The average molecular weight is 396 g/mol. The van der Waals surface area contributed by atoms with Gasteiger partial charge in [-0.1, -0.05) is 41.1 Å². The van der Waals surface area contributed by atoms with Crippen LogP contribution in [0.4, 0.5) is 10.8 Å². The molecule has 1 N–H and O–H groups in total. The Labute approximate surface area is 160 Å². The van der Waals surface area contributed by atoms with Crippen molar-refractivity contribution < 1.29 is 4.42 Å². The second kappa shape index (κ2) is 6.19. The van der Waals surface area contributed by atoms with Crippen LogP contribution in [-0.2, 0) is 0 Å². The van der Waals surface area contributed by atoms with E-state index in [1.807, 2.05) is 30.3 Å². The van der Waals surface area contributed by atoms with Gasteiger partial charge in [0.15, 0.2) is 5.82 Å². The summed E-state index contributed by atoms with van der Waals surface area (Å²) in [4.78, 5) is 13.0. The number of fused-ring (bicyclic) bond motifs is 2. The number of para-hydroxylation sites is 1. The molecule has 0 amide bonds. The van der Waals surface area contributed by atoms with Gasteiger partial charge < -0.3 is 9.73 Å². The Bertz CT molecular complexity index is 1340. The molecule has 0 unspecified atom stereocenters. The van der Waals surface area contributed by atoms with Gasteiger partial charge in [-0.3, -0.25) is 0 Å². The molecule has 0 saturated carbocycles. The van der Waals surface area contributed by atoms with E-state index >= 15 is 0 Å². The Hall–Kier alpha value is -3.23. The summed E-state index contributed by atoms with van der Waals surface area (Å²) in [6.45, 7) is 0. The lowest BCUT2D eigenvalue weighted by Crippen LogP contribution is -2.06. The molecule has 0 aliphatic rings. The van der Waals surface area contributed by atoms with E-state index in [4.69, 9.17) is 16.0 Å². The molecule has 5 aromatic rings. The van der Waals surface area contributed by atoms with Crippen molar-refractivity contribution in [2.45, 2.75) is 0 Å². The Morgan fingerprint density at radius 1 is 1.07 bits per heavy atom. The number of hydrogen-bond donors (Lipinski definition) is 1. The average Bonchev–Trinajstić information content (AvgIpc) is 3.23. The summed E-state index contributed by atoms with van der Waals surface area (Å²) < 4.78 is 6.92. The monoisotopic (exact) mass is 395 g/mol. The summed E-state index contributed by atoms with van der Waals surface area (Å²) in [7, 11) is 0. The van der Waals surface area contributed by atoms with Crippen molar-refractivity contribution in [3.8, 4) is 11.4 Å². The van der Waals surface area contributed by atoms with Gasteiger partial charge in [-0.15, -0.1) is 15.3 Å². The predicted molar refractivity (Wildman–Crippen MR) is 105 cm³/mol. The van der Waals surface area contributed by atoms with Crippen LogP contribution in [0.25, 0.3) is 27.3 Å². The van der Waals surface area contributed by atoms with Crippen molar-refractivity contribution in [1.29, 1.82) is 0 Å². The minimum atomic E-state index is -0.483. The maximum absolute atomic E-state index is 12.4. The summed E-state index contributed by atoms with van der Waals surface area (Å²) in [5.41, 5.74) is 1.19. The molecule has 0 aliphatic carbocycles. The quantitative estimate of drug-likeness (QED) is 0.457. The third kappa shape index (κ3) is 2.84. The summed E-state index contributed by atoms with van der Waals surface area (Å²) >= 11 is 7.23. The molecule has 132 valence electrons. The molecular formula is C18H10ClN5O2S. The van der Waals surface area contributed by atoms with E-state index < -0.39 is 5.63 Å². The Morgan fingerprint density at radius 3 is 2.74 bits per heavy atom. The van der Waals surface area contributed by atoms with Gasteiger partial charge in [-0.05, 0) is 36.4 Å². The number of anilines is 2. The van der Waals surface area contributed by atoms with E-state index in [1.54, 1.807) is 24.3 Å². The first-order valence-corrected chi connectivity index (χ1v) is 9.15. The fraction of sp³-hybridized carbons (Fsp3) is 0. The Morgan fingerprint density at radius 2 is 1.89 bits per heavy atom. The smallest absolute Gasteiger partial charge is 0.347 e. The summed E-state index contributed by atoms with van der Waals surface area (Å²) in [5, 5.41) is 18.0. The highest BCUT2D eigenvalue weighted by atomic mass is 35.5. The number of nitrogens with zero attached hydrogens (tertiary/aromatic N) is 4. The summed E-state index contributed by atoms with van der Waals surface area (Å²) in [5.74, 6) is 0.338. The van der Waals surface area contributed by atoms with Crippen molar-refractivity contribution in [3.05, 3.63) is 70.0 Å². The predicted octanol–water partition coefficient (Wildman–Crippen LogP) is 4.36. The zero-order valence-electron chi connectivity index (χ0n) is 13.6. The SMILES string of the molecule is O=c1oc2ccccc2cc1-c1nnc2sc(Nc3ccc(Cl)cc3)nn12. The number of rotatable bonds is 3. The van der Waals surface area contributed by atoms with Gasteiger partial charge >= 0.3 is 5.63 Å². The van der Waals surface area contributed by atoms with Crippen molar-refractivity contribution in [3.63, 3.8) is 0 Å². The van der Waals surface area contributed by atoms with Gasteiger partial charge in [-0.2, -0.15) is 4.52 Å². The number of hydrogen-bond acceptors (Lipinski definition) is 7. The van der Waals surface area contributed by atoms with E-state index in [0.717, 1.165) is 11.1 Å². The van der Waals surface area contributed by atoms with Crippen LogP contribution in [0.15, 0.2) is 63.8 Å². The van der Waals surface area contributed by atoms with Gasteiger partial charge in [0.1, 0.15) is 11.1 Å². The molecule has 0 spiro atoms. The third-order valence-corrected chi connectivity index (χ3v) is 5.03. The Balaban J connectivity index is 1.58. The molecular weight excluding hydrogens is 386 g/mol. The molecule has 7 nitrogen and oxygen atoms in total. The van der Waals surface area contributed by atoms with Crippen molar-refractivity contribution in [1.82, 2.24) is 19.8 Å². The van der Waals surface area contributed by atoms with Crippen LogP contribution < -0.4 is 10.9 Å². The van der Waals surface area contributed by atoms with Crippen LogP contribution in [0.5, 0.6) is 0 Å². The summed E-state index contributed by atoms with van der Waals surface area (Å²) in [6.07, 6.45) is 0. The number of benzene rings is 2. The molecule has 2 aromatic carbocycles. The highest BCUT2D eigenvalue weighted by Gasteiger charge is 2.18. The standard InChI is InChI=1S/C18H10ClN5O2S/c19-11-5-7-12(8-6-11)20-17-23-24-15(21-22-18(24)27-17)13-9-10-3-1-2-4-14(10)26-16(13)25/h1-9H,(H,20,23). The first kappa shape index (κ1) is 16.0. The molecule has 3 aromatic heterocycles. The first-order chi connectivity index (χ1) is 13.2. The van der Waals surface area contributed by atoms with E-state index in [9.17, 15) is 4.79 Å². The maximum Gasteiger partial charge on any atom is 0.347 e. The second-order valence-corrected chi connectivity index (χ2v) is 7.13. The lowest BCUT2D eigenvalue weighted by atomic mass is 10.2. The van der Waals surface area contributed by atoms with E-state index in [2.05, 4.69) is 20.6 Å². The molecule has 5 rings (SSSR count). The number of nitrogens with one attached hydrogen (secondary N) is 1. The van der Waals surface area contributed by atoms with Crippen LogP contribution in [0.1, 0.15) is 0 Å². The molecule has 0 fully saturated rings. The lowest BCUT2D eigenvalue weighted by molar-refractivity contribution is 0.562. The van der Waals surface area contributed by atoms with Gasteiger partial charge in [0, 0.05) is 16.1 Å². The number of aromatic nitrogens is 4. The van der Waals surface area contributed by atoms with E-state index in [-0.39, 0.29) is 0 Å². The fourth-order valence-corrected chi connectivity index (χ4v) is 3.60. The third-order valence-electron chi connectivity index (χ3n) is 3.97. The van der Waals surface area contributed by atoms with Gasteiger partial charge in [-0.25, -0.2) is 4.79 Å². The zero-order valence-corrected chi connectivity index (χ0v) is 15.2. The minimum Gasteiger partial charge on any atom is -0.422 e. The molecule has 0 bridgehead atoms. The molecule has 0 radical (unpaired) electrons. The maximum atomic E-state index is 12.4. The topological polar surface area (TPSA) is 85.3 Å².